The molecule has 1 aromatic carbocycles. The molecule has 1 heterocycles. The Hall–Kier alpha value is -1.56. The number of benzene rings is 1. The highest BCUT2D eigenvalue weighted by atomic mass is 79.9. The van der Waals surface area contributed by atoms with Crippen LogP contribution in [0.1, 0.15) is 18.5 Å². The maximum absolute atomic E-state index is 5.65. The lowest BCUT2D eigenvalue weighted by molar-refractivity contribution is 0.300. The van der Waals surface area contributed by atoms with Gasteiger partial charge in [0, 0.05) is 11.9 Å². The van der Waals surface area contributed by atoms with Crippen LogP contribution in [-0.4, -0.2) is 27.4 Å². The first kappa shape index (κ1) is 14.8. The Morgan fingerprint density at radius 1 is 1.15 bits per heavy atom. The van der Waals surface area contributed by atoms with E-state index in [2.05, 4.69) is 26.2 Å². The van der Waals surface area contributed by atoms with Gasteiger partial charge in [0.05, 0.1) is 13.3 Å². The number of halogens is 1. The summed E-state index contributed by atoms with van der Waals surface area (Å²) in [5.41, 5.74) is 0.833. The molecule has 2 rings (SSSR count). The van der Waals surface area contributed by atoms with Gasteiger partial charge in [0.25, 0.3) is 0 Å². The van der Waals surface area contributed by atoms with Crippen LogP contribution in [0.15, 0.2) is 30.5 Å². The van der Waals surface area contributed by atoms with E-state index in [4.69, 9.17) is 9.47 Å². The van der Waals surface area contributed by atoms with Gasteiger partial charge in [-0.15, -0.1) is 5.10 Å². The Morgan fingerprint density at radius 3 is 2.60 bits per heavy atom. The van der Waals surface area contributed by atoms with E-state index in [0.717, 1.165) is 41.9 Å². The van der Waals surface area contributed by atoms with Gasteiger partial charge >= 0.3 is 0 Å². The molecule has 0 radical (unpaired) electrons. The largest absolute Gasteiger partial charge is 0.497 e. The minimum Gasteiger partial charge on any atom is -0.497 e. The molecule has 0 fully saturated rings. The second-order valence-corrected chi connectivity index (χ2v) is 5.13. The number of rotatable bonds is 8. The van der Waals surface area contributed by atoms with Gasteiger partial charge in [-0.1, -0.05) is 21.1 Å². The number of nitrogens with zero attached hydrogens (tertiary/aromatic N) is 3. The van der Waals surface area contributed by atoms with Crippen LogP contribution in [0.25, 0.3) is 0 Å². The molecule has 6 heteroatoms. The lowest BCUT2D eigenvalue weighted by Gasteiger charge is -2.04. The maximum Gasteiger partial charge on any atom is 0.134 e. The van der Waals surface area contributed by atoms with Crippen LogP contribution in [0.4, 0.5) is 0 Å². The zero-order valence-electron chi connectivity index (χ0n) is 11.5. The van der Waals surface area contributed by atoms with Crippen LogP contribution in [0.5, 0.6) is 11.5 Å². The lowest BCUT2D eigenvalue weighted by atomic mass is 10.3. The minimum atomic E-state index is 0.421. The molecule has 0 aliphatic heterocycles. The van der Waals surface area contributed by atoms with Crippen molar-refractivity contribution < 1.29 is 9.47 Å². The molecule has 20 heavy (non-hydrogen) atoms. The van der Waals surface area contributed by atoms with E-state index in [0.29, 0.717) is 6.61 Å². The molecule has 0 amide bonds. The summed E-state index contributed by atoms with van der Waals surface area (Å²) in [6.45, 7) is 1.31. The molecule has 2 aromatic rings. The fourth-order valence-electron chi connectivity index (χ4n) is 1.71. The van der Waals surface area contributed by atoms with Gasteiger partial charge in [0.2, 0.25) is 0 Å². The Kier molecular flexibility index (Phi) is 5.86. The quantitative estimate of drug-likeness (QED) is 0.547. The summed E-state index contributed by atoms with van der Waals surface area (Å²) in [5, 5.41) is 9.20. The molecule has 0 atom stereocenters. The van der Waals surface area contributed by atoms with E-state index >= 15 is 0 Å². The van der Waals surface area contributed by atoms with Gasteiger partial charge in [-0.05, 0) is 37.1 Å². The van der Waals surface area contributed by atoms with E-state index in [1.807, 2.05) is 35.1 Å². The summed E-state index contributed by atoms with van der Waals surface area (Å²) in [5.74, 6) is 1.61. The maximum atomic E-state index is 5.65. The van der Waals surface area contributed by atoms with E-state index < -0.39 is 0 Å². The molecule has 108 valence electrons. The van der Waals surface area contributed by atoms with E-state index in [9.17, 15) is 0 Å². The van der Waals surface area contributed by atoms with Crippen molar-refractivity contribution in [3.8, 4) is 11.5 Å². The molecular formula is C14H18BrN3O2. The van der Waals surface area contributed by atoms with Crippen LogP contribution < -0.4 is 9.47 Å². The first-order chi connectivity index (χ1) is 9.81. The molecule has 0 bridgehead atoms. The number of hydrogen-bond donors (Lipinski definition) is 0. The van der Waals surface area contributed by atoms with E-state index in [1.165, 1.54) is 0 Å². The first-order valence-corrected chi connectivity index (χ1v) is 7.66. The number of ether oxygens (including phenoxy) is 2. The normalized spacial score (nSPS) is 10.5. The predicted molar refractivity (Wildman–Crippen MR) is 80.4 cm³/mol. The van der Waals surface area contributed by atoms with Crippen LogP contribution in [0.2, 0.25) is 0 Å². The molecular weight excluding hydrogens is 322 g/mol. The van der Waals surface area contributed by atoms with Gasteiger partial charge in [-0.2, -0.15) is 0 Å². The zero-order valence-corrected chi connectivity index (χ0v) is 13.0. The SMILES string of the molecule is COc1ccc(OCc2cn(CCCCBr)nn2)cc1. The highest BCUT2D eigenvalue weighted by Crippen LogP contribution is 2.17. The molecule has 0 N–H and O–H groups in total. The van der Waals surface area contributed by atoms with Crippen LogP contribution >= 0.6 is 15.9 Å². The number of aromatic nitrogens is 3. The van der Waals surface area contributed by atoms with Gasteiger partial charge < -0.3 is 9.47 Å². The molecule has 0 unspecified atom stereocenters. The van der Waals surface area contributed by atoms with Crippen molar-refractivity contribution in [1.82, 2.24) is 15.0 Å². The molecule has 0 spiro atoms. The van der Waals surface area contributed by atoms with Gasteiger partial charge in [0.1, 0.15) is 23.8 Å². The van der Waals surface area contributed by atoms with Gasteiger partial charge in [-0.3, -0.25) is 4.68 Å². The van der Waals surface area contributed by atoms with Crippen LogP contribution in [0.3, 0.4) is 0 Å². The Bertz CT molecular complexity index is 513. The Morgan fingerprint density at radius 2 is 1.90 bits per heavy atom. The van der Waals surface area contributed by atoms with Crippen molar-refractivity contribution in [2.75, 3.05) is 12.4 Å². The van der Waals surface area contributed by atoms with Crippen molar-refractivity contribution in [3.05, 3.63) is 36.2 Å². The van der Waals surface area contributed by atoms with E-state index in [-0.39, 0.29) is 0 Å². The third-order valence-corrected chi connectivity index (χ3v) is 3.36. The van der Waals surface area contributed by atoms with Crippen LogP contribution in [0, 0.1) is 0 Å². The van der Waals surface area contributed by atoms with Crippen molar-refractivity contribution in [2.24, 2.45) is 0 Å². The molecule has 0 saturated carbocycles. The summed E-state index contributed by atoms with van der Waals surface area (Å²) < 4.78 is 12.6. The lowest BCUT2D eigenvalue weighted by Crippen LogP contribution is -1.99. The van der Waals surface area contributed by atoms with Crippen molar-refractivity contribution >= 4 is 15.9 Å². The third-order valence-electron chi connectivity index (χ3n) is 2.80. The van der Waals surface area contributed by atoms with Crippen molar-refractivity contribution in [1.29, 1.82) is 0 Å². The summed E-state index contributed by atoms with van der Waals surface area (Å²) in [6.07, 6.45) is 4.16. The average molecular weight is 340 g/mol. The average Bonchev–Trinajstić information content (AvgIpc) is 2.94. The van der Waals surface area contributed by atoms with Gasteiger partial charge in [-0.25, -0.2) is 0 Å². The Balaban J connectivity index is 1.81. The minimum absolute atomic E-state index is 0.421. The number of methoxy groups -OCH3 is 1. The third kappa shape index (κ3) is 4.52. The highest BCUT2D eigenvalue weighted by Gasteiger charge is 2.02. The van der Waals surface area contributed by atoms with E-state index in [1.54, 1.807) is 7.11 Å². The summed E-state index contributed by atoms with van der Waals surface area (Å²) >= 11 is 3.41. The summed E-state index contributed by atoms with van der Waals surface area (Å²) in [4.78, 5) is 0. The number of unbranched alkanes of at least 4 members (excludes halogenated alkanes) is 1. The van der Waals surface area contributed by atoms with Gasteiger partial charge in [0.15, 0.2) is 0 Å². The number of alkyl halides is 1. The van der Waals surface area contributed by atoms with Crippen molar-refractivity contribution in [2.45, 2.75) is 26.0 Å². The number of hydrogen-bond acceptors (Lipinski definition) is 4. The topological polar surface area (TPSA) is 49.2 Å². The Labute approximate surface area is 127 Å². The molecule has 1 aromatic heterocycles. The smallest absolute Gasteiger partial charge is 0.134 e. The van der Waals surface area contributed by atoms with Crippen molar-refractivity contribution in [3.63, 3.8) is 0 Å². The summed E-state index contributed by atoms with van der Waals surface area (Å²) in [6, 6.07) is 7.48. The summed E-state index contributed by atoms with van der Waals surface area (Å²) in [7, 11) is 1.64. The highest BCUT2D eigenvalue weighted by molar-refractivity contribution is 9.09. The standard InChI is InChI=1S/C14H18BrN3O2/c1-19-13-4-6-14(7-5-13)20-11-12-10-18(17-16-12)9-3-2-8-15/h4-7,10H,2-3,8-9,11H2,1H3. The fraction of sp³-hybridized carbons (Fsp3) is 0.429. The second kappa shape index (κ2) is 7.89. The van der Waals surface area contributed by atoms with Crippen LogP contribution in [-0.2, 0) is 13.2 Å². The zero-order chi connectivity index (χ0) is 14.2. The number of aryl methyl sites for hydroxylation is 1. The predicted octanol–water partition coefficient (Wildman–Crippen LogP) is 3.04. The molecule has 5 nitrogen and oxygen atoms in total. The molecule has 0 saturated heterocycles. The molecule has 0 aliphatic carbocycles. The second-order valence-electron chi connectivity index (χ2n) is 4.33. The first-order valence-electron chi connectivity index (χ1n) is 6.53. The monoisotopic (exact) mass is 339 g/mol. The molecule has 0 aliphatic rings. The fourth-order valence-corrected chi connectivity index (χ4v) is 2.11.